The van der Waals surface area contributed by atoms with Crippen molar-refractivity contribution in [3.8, 4) is 0 Å². The maximum absolute atomic E-state index is 6.13. The highest BCUT2D eigenvalue weighted by molar-refractivity contribution is 7.08. The lowest BCUT2D eigenvalue weighted by Crippen LogP contribution is -2.11. The molecule has 0 aromatic carbocycles. The number of hydrogen-bond donors (Lipinski definition) is 1. The Hall–Kier alpha value is -1.13. The van der Waals surface area contributed by atoms with E-state index < -0.39 is 0 Å². The number of rotatable bonds is 2. The van der Waals surface area contributed by atoms with E-state index in [9.17, 15) is 0 Å². The van der Waals surface area contributed by atoms with Crippen molar-refractivity contribution in [2.45, 2.75) is 13.0 Å². The summed E-state index contributed by atoms with van der Waals surface area (Å²) in [6.07, 6.45) is 3.78. The van der Waals surface area contributed by atoms with Gasteiger partial charge in [0, 0.05) is 18.8 Å². The fraction of sp³-hybridized carbons (Fsp3) is 0.300. The highest BCUT2D eigenvalue weighted by Crippen LogP contribution is 2.24. The van der Waals surface area contributed by atoms with Crippen LogP contribution in [0.3, 0.4) is 0 Å². The lowest BCUT2D eigenvalue weighted by molar-refractivity contribution is 0.765. The molecular weight excluding hydrogens is 194 g/mol. The second kappa shape index (κ2) is 3.55. The topological polar surface area (TPSA) is 43.8 Å². The smallest absolute Gasteiger partial charge is 0.0593 e. The first kappa shape index (κ1) is 9.43. The minimum absolute atomic E-state index is 0.0463. The molecule has 2 aromatic heterocycles. The van der Waals surface area contributed by atoms with E-state index in [2.05, 4.69) is 22.8 Å². The van der Waals surface area contributed by atoms with Gasteiger partial charge in [0.2, 0.25) is 0 Å². The molecule has 0 radical (unpaired) electrons. The van der Waals surface area contributed by atoms with E-state index in [1.807, 2.05) is 19.4 Å². The molecule has 1 unspecified atom stereocenters. The summed E-state index contributed by atoms with van der Waals surface area (Å²) in [7, 11) is 1.90. The summed E-state index contributed by atoms with van der Waals surface area (Å²) < 4.78 is 1.77. The average Bonchev–Trinajstić information content (AvgIpc) is 2.73. The SMILES string of the molecule is Cc1cscc1C(N)c1cnn(C)c1. The van der Waals surface area contributed by atoms with E-state index in [1.165, 1.54) is 11.1 Å². The summed E-state index contributed by atoms with van der Waals surface area (Å²) in [6.45, 7) is 2.09. The van der Waals surface area contributed by atoms with E-state index in [-0.39, 0.29) is 6.04 Å². The first-order valence-electron chi connectivity index (χ1n) is 4.45. The largest absolute Gasteiger partial charge is 0.320 e. The van der Waals surface area contributed by atoms with Crippen molar-refractivity contribution in [2.24, 2.45) is 12.8 Å². The molecule has 1 atom stereocenters. The molecule has 3 nitrogen and oxygen atoms in total. The van der Waals surface area contributed by atoms with E-state index in [0.717, 1.165) is 5.56 Å². The second-order valence-electron chi connectivity index (χ2n) is 3.44. The molecule has 2 rings (SSSR count). The van der Waals surface area contributed by atoms with Gasteiger partial charge < -0.3 is 5.73 Å². The van der Waals surface area contributed by atoms with Crippen molar-refractivity contribution in [1.29, 1.82) is 0 Å². The fourth-order valence-corrected chi connectivity index (χ4v) is 2.36. The minimum Gasteiger partial charge on any atom is -0.320 e. The molecule has 14 heavy (non-hydrogen) atoms. The van der Waals surface area contributed by atoms with E-state index in [1.54, 1.807) is 16.0 Å². The molecule has 0 saturated carbocycles. The normalized spacial score (nSPS) is 13.1. The van der Waals surface area contributed by atoms with Crippen LogP contribution in [0, 0.1) is 6.92 Å². The van der Waals surface area contributed by atoms with Crippen LogP contribution in [0.15, 0.2) is 23.2 Å². The summed E-state index contributed by atoms with van der Waals surface area (Å²) in [5, 5.41) is 8.34. The van der Waals surface area contributed by atoms with Gasteiger partial charge >= 0.3 is 0 Å². The molecule has 2 aromatic rings. The van der Waals surface area contributed by atoms with Crippen LogP contribution in [-0.4, -0.2) is 9.78 Å². The summed E-state index contributed by atoms with van der Waals surface area (Å²) in [4.78, 5) is 0. The van der Waals surface area contributed by atoms with Gasteiger partial charge in [0.1, 0.15) is 0 Å². The lowest BCUT2D eigenvalue weighted by Gasteiger charge is -2.08. The number of hydrogen-bond acceptors (Lipinski definition) is 3. The maximum Gasteiger partial charge on any atom is 0.0593 e. The number of aromatic nitrogens is 2. The number of nitrogens with zero attached hydrogens (tertiary/aromatic N) is 2. The van der Waals surface area contributed by atoms with Crippen molar-refractivity contribution in [2.75, 3.05) is 0 Å². The van der Waals surface area contributed by atoms with Gasteiger partial charge in [0.15, 0.2) is 0 Å². The average molecular weight is 207 g/mol. The lowest BCUT2D eigenvalue weighted by atomic mass is 10.0. The van der Waals surface area contributed by atoms with Crippen LogP contribution >= 0.6 is 11.3 Å². The van der Waals surface area contributed by atoms with Gasteiger partial charge in [0.25, 0.3) is 0 Å². The molecule has 0 fully saturated rings. The van der Waals surface area contributed by atoms with Crippen LogP contribution in [0.5, 0.6) is 0 Å². The molecule has 74 valence electrons. The molecular formula is C10H13N3S. The Balaban J connectivity index is 2.33. The van der Waals surface area contributed by atoms with E-state index >= 15 is 0 Å². The first-order valence-corrected chi connectivity index (χ1v) is 5.39. The predicted molar refractivity (Wildman–Crippen MR) is 58.3 cm³/mol. The van der Waals surface area contributed by atoms with Gasteiger partial charge in [-0.3, -0.25) is 4.68 Å². The summed E-state index contributed by atoms with van der Waals surface area (Å²) >= 11 is 1.69. The highest BCUT2D eigenvalue weighted by Gasteiger charge is 2.13. The Kier molecular flexibility index (Phi) is 2.39. The number of aryl methyl sites for hydroxylation is 2. The Bertz CT molecular complexity index is 430. The second-order valence-corrected chi connectivity index (χ2v) is 4.18. The molecule has 0 spiro atoms. The van der Waals surface area contributed by atoms with Crippen LogP contribution < -0.4 is 5.73 Å². The van der Waals surface area contributed by atoms with Crippen LogP contribution in [0.2, 0.25) is 0 Å². The van der Waals surface area contributed by atoms with Crippen molar-refractivity contribution < 1.29 is 0 Å². The minimum atomic E-state index is -0.0463. The van der Waals surface area contributed by atoms with Crippen LogP contribution in [0.4, 0.5) is 0 Å². The van der Waals surface area contributed by atoms with Crippen molar-refractivity contribution >= 4 is 11.3 Å². The summed E-state index contributed by atoms with van der Waals surface area (Å²) in [5.41, 5.74) is 9.65. The molecule has 0 aliphatic rings. The van der Waals surface area contributed by atoms with E-state index in [4.69, 9.17) is 5.73 Å². The van der Waals surface area contributed by atoms with E-state index in [0.29, 0.717) is 0 Å². The van der Waals surface area contributed by atoms with Crippen molar-refractivity contribution in [3.63, 3.8) is 0 Å². The number of nitrogens with two attached hydrogens (primary N) is 1. The Morgan fingerprint density at radius 3 is 2.79 bits per heavy atom. The Morgan fingerprint density at radius 2 is 2.29 bits per heavy atom. The van der Waals surface area contributed by atoms with Crippen molar-refractivity contribution in [1.82, 2.24) is 9.78 Å². The van der Waals surface area contributed by atoms with Crippen molar-refractivity contribution in [3.05, 3.63) is 39.8 Å². The molecule has 2 heterocycles. The molecule has 0 bridgehead atoms. The van der Waals surface area contributed by atoms with Gasteiger partial charge in [-0.2, -0.15) is 16.4 Å². The van der Waals surface area contributed by atoms with Gasteiger partial charge in [-0.25, -0.2) is 0 Å². The van der Waals surface area contributed by atoms with Gasteiger partial charge in [-0.15, -0.1) is 0 Å². The predicted octanol–water partition coefficient (Wildman–Crippen LogP) is 1.84. The standard InChI is InChI=1S/C10H13N3S/c1-7-5-14-6-9(7)10(11)8-3-12-13(2)4-8/h3-6,10H,11H2,1-2H3. The molecule has 2 N–H and O–H groups in total. The monoisotopic (exact) mass is 207 g/mol. The molecule has 0 aliphatic heterocycles. The highest BCUT2D eigenvalue weighted by atomic mass is 32.1. The zero-order valence-corrected chi connectivity index (χ0v) is 9.08. The van der Waals surface area contributed by atoms with Gasteiger partial charge in [-0.1, -0.05) is 0 Å². The van der Waals surface area contributed by atoms with Gasteiger partial charge in [0.05, 0.1) is 12.2 Å². The third-order valence-electron chi connectivity index (χ3n) is 2.31. The summed E-state index contributed by atoms with van der Waals surface area (Å²) in [5.74, 6) is 0. The summed E-state index contributed by atoms with van der Waals surface area (Å²) in [6, 6.07) is -0.0463. The maximum atomic E-state index is 6.13. The Labute approximate surface area is 87.2 Å². The van der Waals surface area contributed by atoms with Crippen LogP contribution in [0.1, 0.15) is 22.7 Å². The molecule has 4 heteroatoms. The third-order valence-corrected chi connectivity index (χ3v) is 3.19. The Morgan fingerprint density at radius 1 is 1.50 bits per heavy atom. The quantitative estimate of drug-likeness (QED) is 0.816. The zero-order chi connectivity index (χ0) is 10.1. The molecule has 0 amide bonds. The van der Waals surface area contributed by atoms with Crippen LogP contribution in [-0.2, 0) is 7.05 Å². The molecule has 0 saturated heterocycles. The fourth-order valence-electron chi connectivity index (χ4n) is 1.47. The van der Waals surface area contributed by atoms with Gasteiger partial charge in [-0.05, 0) is 28.8 Å². The zero-order valence-electron chi connectivity index (χ0n) is 8.27. The third kappa shape index (κ3) is 1.58. The molecule has 0 aliphatic carbocycles. The number of thiophene rings is 1. The van der Waals surface area contributed by atoms with Crippen LogP contribution in [0.25, 0.3) is 0 Å². The first-order chi connectivity index (χ1) is 6.68.